The molecule has 2 N–H and O–H groups in total. The summed E-state index contributed by atoms with van der Waals surface area (Å²) < 4.78 is 5.72. The molecule has 0 aliphatic carbocycles. The molecule has 0 radical (unpaired) electrons. The predicted octanol–water partition coefficient (Wildman–Crippen LogP) is 3.64. The first-order valence-electron chi connectivity index (χ1n) is 6.02. The number of fused-ring (bicyclic) bond motifs is 1. The summed E-state index contributed by atoms with van der Waals surface area (Å²) >= 11 is 0. The molecule has 1 heterocycles. The van der Waals surface area contributed by atoms with E-state index in [4.69, 9.17) is 10.2 Å². The van der Waals surface area contributed by atoms with Crippen LogP contribution in [0.4, 0.5) is 5.69 Å². The SMILES string of the molecule is CCc1ccc(-c2nc3ccccc3o2)cc1N. The van der Waals surface area contributed by atoms with Crippen LogP contribution in [0.15, 0.2) is 46.9 Å². The number of nitrogens with zero attached hydrogens (tertiary/aromatic N) is 1. The molecule has 18 heavy (non-hydrogen) atoms. The van der Waals surface area contributed by atoms with Crippen LogP contribution in [0.3, 0.4) is 0 Å². The minimum Gasteiger partial charge on any atom is -0.436 e. The third-order valence-electron chi connectivity index (χ3n) is 3.07. The van der Waals surface area contributed by atoms with Crippen molar-refractivity contribution in [2.75, 3.05) is 5.73 Å². The normalized spacial score (nSPS) is 10.9. The number of hydrogen-bond donors (Lipinski definition) is 1. The minimum atomic E-state index is 0.616. The van der Waals surface area contributed by atoms with Crippen molar-refractivity contribution in [1.82, 2.24) is 4.98 Å². The Labute approximate surface area is 105 Å². The summed E-state index contributed by atoms with van der Waals surface area (Å²) in [7, 11) is 0. The number of aromatic nitrogens is 1. The Morgan fingerprint density at radius 1 is 1.17 bits per heavy atom. The number of aryl methyl sites for hydroxylation is 1. The van der Waals surface area contributed by atoms with E-state index in [-0.39, 0.29) is 0 Å². The lowest BCUT2D eigenvalue weighted by Crippen LogP contribution is -1.93. The Hall–Kier alpha value is -2.29. The van der Waals surface area contributed by atoms with Crippen LogP contribution in [-0.4, -0.2) is 4.98 Å². The Morgan fingerprint density at radius 2 is 2.00 bits per heavy atom. The zero-order chi connectivity index (χ0) is 12.5. The van der Waals surface area contributed by atoms with E-state index in [1.165, 1.54) is 0 Å². The summed E-state index contributed by atoms with van der Waals surface area (Å²) in [6, 6.07) is 13.7. The fraction of sp³-hybridized carbons (Fsp3) is 0.133. The second kappa shape index (κ2) is 4.18. The topological polar surface area (TPSA) is 52.0 Å². The number of nitrogens with two attached hydrogens (primary N) is 1. The highest BCUT2D eigenvalue weighted by Gasteiger charge is 2.08. The van der Waals surface area contributed by atoms with Crippen molar-refractivity contribution in [3.8, 4) is 11.5 Å². The summed E-state index contributed by atoms with van der Waals surface area (Å²) in [6.45, 7) is 2.09. The van der Waals surface area contributed by atoms with Crippen LogP contribution in [-0.2, 0) is 6.42 Å². The number of rotatable bonds is 2. The van der Waals surface area contributed by atoms with Gasteiger partial charge < -0.3 is 10.2 Å². The Balaban J connectivity index is 2.11. The Morgan fingerprint density at radius 3 is 2.72 bits per heavy atom. The van der Waals surface area contributed by atoms with Crippen LogP contribution in [0.25, 0.3) is 22.6 Å². The summed E-state index contributed by atoms with van der Waals surface area (Å²) in [5.41, 5.74) is 10.5. The molecule has 0 saturated heterocycles. The molecule has 1 aromatic heterocycles. The summed E-state index contributed by atoms with van der Waals surface area (Å²) in [5.74, 6) is 0.616. The number of benzene rings is 2. The van der Waals surface area contributed by atoms with Crippen LogP contribution in [0.1, 0.15) is 12.5 Å². The van der Waals surface area contributed by atoms with E-state index in [2.05, 4.69) is 11.9 Å². The molecule has 3 nitrogen and oxygen atoms in total. The molecule has 3 heteroatoms. The van der Waals surface area contributed by atoms with Crippen LogP contribution in [0.5, 0.6) is 0 Å². The van der Waals surface area contributed by atoms with Crippen LogP contribution < -0.4 is 5.73 Å². The van der Waals surface area contributed by atoms with Crippen molar-refractivity contribution in [2.24, 2.45) is 0 Å². The third-order valence-corrected chi connectivity index (χ3v) is 3.07. The van der Waals surface area contributed by atoms with Gasteiger partial charge in [-0.2, -0.15) is 0 Å². The van der Waals surface area contributed by atoms with Gasteiger partial charge in [-0.15, -0.1) is 0 Å². The van der Waals surface area contributed by atoms with Crippen molar-refractivity contribution in [1.29, 1.82) is 0 Å². The standard InChI is InChI=1S/C15H14N2O/c1-2-10-7-8-11(9-12(10)16)15-17-13-5-3-4-6-14(13)18-15/h3-9H,2,16H2,1H3. The molecule has 0 spiro atoms. The van der Waals surface area contributed by atoms with Gasteiger partial charge in [0.15, 0.2) is 5.58 Å². The van der Waals surface area contributed by atoms with Crippen LogP contribution in [0, 0.1) is 0 Å². The first-order chi connectivity index (χ1) is 8.78. The number of para-hydroxylation sites is 2. The molecule has 0 bridgehead atoms. The molecular formula is C15H14N2O. The second-order valence-corrected chi connectivity index (χ2v) is 4.25. The van der Waals surface area contributed by atoms with Crippen molar-refractivity contribution >= 4 is 16.8 Å². The highest BCUT2D eigenvalue weighted by atomic mass is 16.3. The lowest BCUT2D eigenvalue weighted by molar-refractivity contribution is 0.620. The van der Waals surface area contributed by atoms with Crippen molar-refractivity contribution in [3.63, 3.8) is 0 Å². The number of oxazole rings is 1. The quantitative estimate of drug-likeness (QED) is 0.693. The average molecular weight is 238 g/mol. The van der Waals surface area contributed by atoms with E-state index in [1.54, 1.807) is 0 Å². The smallest absolute Gasteiger partial charge is 0.227 e. The minimum absolute atomic E-state index is 0.616. The highest BCUT2D eigenvalue weighted by Crippen LogP contribution is 2.26. The van der Waals surface area contributed by atoms with Gasteiger partial charge in [-0.3, -0.25) is 0 Å². The van der Waals surface area contributed by atoms with E-state index in [1.807, 2.05) is 42.5 Å². The van der Waals surface area contributed by atoms with Gasteiger partial charge in [-0.1, -0.05) is 25.1 Å². The molecule has 0 atom stereocenters. The fourth-order valence-electron chi connectivity index (χ4n) is 2.05. The first-order valence-corrected chi connectivity index (χ1v) is 6.02. The molecular weight excluding hydrogens is 224 g/mol. The third kappa shape index (κ3) is 1.74. The second-order valence-electron chi connectivity index (χ2n) is 4.25. The molecule has 0 aliphatic rings. The molecule has 0 aliphatic heterocycles. The largest absolute Gasteiger partial charge is 0.436 e. The molecule has 0 amide bonds. The maximum atomic E-state index is 5.99. The van der Waals surface area contributed by atoms with Gasteiger partial charge in [0.1, 0.15) is 5.52 Å². The van der Waals surface area contributed by atoms with Crippen LogP contribution in [0.2, 0.25) is 0 Å². The van der Waals surface area contributed by atoms with E-state index >= 15 is 0 Å². The van der Waals surface area contributed by atoms with Gasteiger partial charge in [0.2, 0.25) is 5.89 Å². The lowest BCUT2D eigenvalue weighted by atomic mass is 10.1. The summed E-state index contributed by atoms with van der Waals surface area (Å²) in [4.78, 5) is 4.46. The molecule has 90 valence electrons. The van der Waals surface area contributed by atoms with Gasteiger partial charge in [0.05, 0.1) is 0 Å². The van der Waals surface area contributed by atoms with E-state index in [9.17, 15) is 0 Å². The monoisotopic (exact) mass is 238 g/mol. The number of hydrogen-bond acceptors (Lipinski definition) is 3. The molecule has 0 fully saturated rings. The zero-order valence-electron chi connectivity index (χ0n) is 10.2. The van der Waals surface area contributed by atoms with Gasteiger partial charge in [0, 0.05) is 11.3 Å². The maximum absolute atomic E-state index is 5.99. The molecule has 0 saturated carbocycles. The average Bonchev–Trinajstić information content (AvgIpc) is 2.82. The van der Waals surface area contributed by atoms with E-state index in [0.29, 0.717) is 5.89 Å². The molecule has 2 aromatic carbocycles. The Bertz CT molecular complexity index is 668. The van der Waals surface area contributed by atoms with E-state index in [0.717, 1.165) is 34.3 Å². The van der Waals surface area contributed by atoms with Gasteiger partial charge in [0.25, 0.3) is 0 Å². The van der Waals surface area contributed by atoms with Crippen molar-refractivity contribution in [2.45, 2.75) is 13.3 Å². The first kappa shape index (κ1) is 10.8. The van der Waals surface area contributed by atoms with Crippen molar-refractivity contribution < 1.29 is 4.42 Å². The van der Waals surface area contributed by atoms with Crippen molar-refractivity contribution in [3.05, 3.63) is 48.0 Å². The summed E-state index contributed by atoms with van der Waals surface area (Å²) in [6.07, 6.45) is 0.930. The maximum Gasteiger partial charge on any atom is 0.227 e. The zero-order valence-corrected chi connectivity index (χ0v) is 10.2. The molecule has 3 rings (SSSR count). The highest BCUT2D eigenvalue weighted by molar-refractivity contribution is 5.76. The number of nitrogen functional groups attached to an aromatic ring is 1. The van der Waals surface area contributed by atoms with Gasteiger partial charge >= 0.3 is 0 Å². The molecule has 0 unspecified atom stereocenters. The lowest BCUT2D eigenvalue weighted by Gasteiger charge is -2.03. The van der Waals surface area contributed by atoms with Gasteiger partial charge in [-0.05, 0) is 36.2 Å². The van der Waals surface area contributed by atoms with Gasteiger partial charge in [-0.25, -0.2) is 4.98 Å². The predicted molar refractivity (Wildman–Crippen MR) is 73.2 cm³/mol. The fourth-order valence-corrected chi connectivity index (χ4v) is 2.05. The summed E-state index contributed by atoms with van der Waals surface area (Å²) in [5, 5.41) is 0. The Kier molecular flexibility index (Phi) is 2.52. The molecule has 3 aromatic rings. The van der Waals surface area contributed by atoms with E-state index < -0.39 is 0 Å². The van der Waals surface area contributed by atoms with Crippen LogP contribution >= 0.6 is 0 Å². The number of anilines is 1.